The monoisotopic (exact) mass is 268 g/mol. The van der Waals surface area contributed by atoms with Gasteiger partial charge >= 0.3 is 0 Å². The van der Waals surface area contributed by atoms with E-state index in [2.05, 4.69) is 43.6 Å². The van der Waals surface area contributed by atoms with Crippen LogP contribution in [0.15, 0.2) is 24.3 Å². The molecule has 0 heterocycles. The first-order chi connectivity index (χ1) is 8.48. The van der Waals surface area contributed by atoms with Crippen LogP contribution < -0.4 is 10.0 Å². The highest BCUT2D eigenvalue weighted by atomic mass is 32.1. The van der Waals surface area contributed by atoms with E-state index in [1.165, 1.54) is 0 Å². The second-order valence-electron chi connectivity index (χ2n) is 5.27. The minimum absolute atomic E-state index is 0.0646. The zero-order valence-electron chi connectivity index (χ0n) is 11.4. The zero-order valence-corrected chi connectivity index (χ0v) is 12.3. The lowest BCUT2D eigenvalue weighted by atomic mass is 9.98. The van der Waals surface area contributed by atoms with Crippen molar-refractivity contribution in [3.05, 3.63) is 29.8 Å². The van der Waals surface area contributed by atoms with Crippen molar-refractivity contribution in [3.63, 3.8) is 0 Å². The Hall–Kier alpha value is -0.710. The van der Waals surface area contributed by atoms with E-state index in [4.69, 9.17) is 0 Å². The summed E-state index contributed by atoms with van der Waals surface area (Å²) < 4.78 is 2.78. The summed E-state index contributed by atoms with van der Waals surface area (Å²) in [5.41, 5.74) is 1.85. The van der Waals surface area contributed by atoms with Gasteiger partial charge in [0.15, 0.2) is 0 Å². The Labute approximate surface area is 116 Å². The maximum absolute atomic E-state index is 10.2. The fraction of sp³-hybridized carbons (Fsp3) is 0.571. The highest BCUT2D eigenvalue weighted by molar-refractivity contribution is 7.81. The first-order valence-electron chi connectivity index (χ1n) is 6.41. The van der Waals surface area contributed by atoms with Crippen LogP contribution in [0.25, 0.3) is 0 Å². The SMILES string of the molecule is CCCC(C)(C)NC[C@H](O)c1cccc(NS)c1. The third kappa shape index (κ3) is 4.88. The molecule has 0 aromatic heterocycles. The molecule has 0 saturated heterocycles. The van der Waals surface area contributed by atoms with Crippen molar-refractivity contribution in [2.75, 3.05) is 11.3 Å². The molecule has 1 atom stereocenters. The molecule has 18 heavy (non-hydrogen) atoms. The van der Waals surface area contributed by atoms with Crippen LogP contribution in [0.2, 0.25) is 0 Å². The van der Waals surface area contributed by atoms with Gasteiger partial charge in [0.25, 0.3) is 0 Å². The van der Waals surface area contributed by atoms with Gasteiger partial charge in [0.1, 0.15) is 0 Å². The summed E-state index contributed by atoms with van der Waals surface area (Å²) in [6, 6.07) is 7.66. The summed E-state index contributed by atoms with van der Waals surface area (Å²) in [7, 11) is 0. The molecule has 0 radical (unpaired) electrons. The normalized spacial score (nSPS) is 13.4. The largest absolute Gasteiger partial charge is 0.387 e. The number of β-amino-alcohol motifs (C(OH)–C–C–N with tert-alkyl or cyclic N) is 1. The van der Waals surface area contributed by atoms with Crippen LogP contribution in [0.3, 0.4) is 0 Å². The number of thiol groups is 1. The van der Waals surface area contributed by atoms with Crippen LogP contribution in [-0.4, -0.2) is 17.2 Å². The molecule has 4 heteroatoms. The molecule has 0 amide bonds. The smallest absolute Gasteiger partial charge is 0.0915 e. The van der Waals surface area contributed by atoms with Gasteiger partial charge in [-0.2, -0.15) is 0 Å². The number of anilines is 1. The molecule has 0 fully saturated rings. The van der Waals surface area contributed by atoms with Crippen molar-refractivity contribution in [2.45, 2.75) is 45.3 Å². The second-order valence-corrected chi connectivity index (χ2v) is 5.49. The number of nitrogens with one attached hydrogen (secondary N) is 2. The molecule has 0 aliphatic heterocycles. The molecule has 3 nitrogen and oxygen atoms in total. The zero-order chi connectivity index (χ0) is 13.6. The molecule has 0 spiro atoms. The Morgan fingerprint density at radius 3 is 2.72 bits per heavy atom. The topological polar surface area (TPSA) is 44.3 Å². The molecule has 1 aromatic rings. The molecule has 0 aliphatic rings. The van der Waals surface area contributed by atoms with Crippen molar-refractivity contribution in [1.82, 2.24) is 5.32 Å². The molecule has 3 N–H and O–H groups in total. The fourth-order valence-electron chi connectivity index (χ4n) is 2.02. The van der Waals surface area contributed by atoms with E-state index in [0.29, 0.717) is 6.54 Å². The van der Waals surface area contributed by atoms with Gasteiger partial charge in [-0.1, -0.05) is 38.3 Å². The first kappa shape index (κ1) is 15.3. The number of hydrogen-bond donors (Lipinski definition) is 4. The standard InChI is InChI=1S/C14H24N2OS/c1-4-8-14(2,3)15-10-13(17)11-6-5-7-12(9-11)16-18/h5-7,9,13,15-18H,4,8,10H2,1-3H3/t13-/m0/s1. The average Bonchev–Trinajstić information content (AvgIpc) is 2.36. The Balaban J connectivity index is 2.56. The van der Waals surface area contributed by atoms with E-state index in [1.54, 1.807) is 0 Å². The maximum atomic E-state index is 10.2. The molecule has 0 saturated carbocycles. The third-order valence-electron chi connectivity index (χ3n) is 3.05. The minimum atomic E-state index is -0.497. The van der Waals surface area contributed by atoms with Gasteiger partial charge in [0.2, 0.25) is 0 Å². The van der Waals surface area contributed by atoms with E-state index in [1.807, 2.05) is 24.3 Å². The Morgan fingerprint density at radius 2 is 2.11 bits per heavy atom. The molecule has 1 aromatic carbocycles. The lowest BCUT2D eigenvalue weighted by Gasteiger charge is -2.27. The number of aliphatic hydroxyl groups is 1. The van der Waals surface area contributed by atoms with Gasteiger partial charge in [0, 0.05) is 17.8 Å². The fourth-order valence-corrected chi connectivity index (χ4v) is 2.16. The summed E-state index contributed by atoms with van der Waals surface area (Å²) in [5, 5.41) is 13.6. The molecule has 102 valence electrons. The lowest BCUT2D eigenvalue weighted by molar-refractivity contribution is 0.159. The molecule has 0 unspecified atom stereocenters. The van der Waals surface area contributed by atoms with Crippen LogP contribution in [0.4, 0.5) is 5.69 Å². The highest BCUT2D eigenvalue weighted by Gasteiger charge is 2.17. The third-order valence-corrected chi connectivity index (χ3v) is 3.31. The quantitative estimate of drug-likeness (QED) is 0.574. The summed E-state index contributed by atoms with van der Waals surface area (Å²) in [5.74, 6) is 0. The second kappa shape index (κ2) is 7.02. The van der Waals surface area contributed by atoms with Crippen LogP contribution >= 0.6 is 12.8 Å². The predicted octanol–water partition coefficient (Wildman–Crippen LogP) is 3.15. The molecule has 0 aliphatic carbocycles. The van der Waals surface area contributed by atoms with Gasteiger partial charge in [-0.05, 0) is 38.0 Å². The van der Waals surface area contributed by atoms with E-state index in [0.717, 1.165) is 24.1 Å². The number of hydrogen-bond acceptors (Lipinski definition) is 4. The van der Waals surface area contributed by atoms with E-state index >= 15 is 0 Å². The van der Waals surface area contributed by atoms with Gasteiger partial charge in [0.05, 0.1) is 6.10 Å². The Kier molecular flexibility index (Phi) is 5.99. The number of rotatable bonds is 7. The first-order valence-corrected chi connectivity index (χ1v) is 6.86. The lowest BCUT2D eigenvalue weighted by Crippen LogP contribution is -2.41. The molecular formula is C14H24N2OS. The maximum Gasteiger partial charge on any atom is 0.0915 e. The van der Waals surface area contributed by atoms with Crippen molar-refractivity contribution in [2.24, 2.45) is 0 Å². The van der Waals surface area contributed by atoms with E-state index in [-0.39, 0.29) is 5.54 Å². The Morgan fingerprint density at radius 1 is 1.39 bits per heavy atom. The summed E-state index contributed by atoms with van der Waals surface area (Å²) >= 11 is 4.00. The summed E-state index contributed by atoms with van der Waals surface area (Å²) in [6.45, 7) is 7.05. The van der Waals surface area contributed by atoms with Crippen LogP contribution in [0.1, 0.15) is 45.3 Å². The predicted molar refractivity (Wildman–Crippen MR) is 81.0 cm³/mol. The molecule has 0 bridgehead atoms. The van der Waals surface area contributed by atoms with E-state index in [9.17, 15) is 5.11 Å². The van der Waals surface area contributed by atoms with Crippen molar-refractivity contribution >= 4 is 18.5 Å². The molecule has 1 rings (SSSR count). The van der Waals surface area contributed by atoms with Crippen molar-refractivity contribution < 1.29 is 5.11 Å². The van der Waals surface area contributed by atoms with Crippen molar-refractivity contribution in [1.29, 1.82) is 0 Å². The van der Waals surface area contributed by atoms with Gasteiger partial charge in [-0.25, -0.2) is 0 Å². The van der Waals surface area contributed by atoms with E-state index < -0.39 is 6.10 Å². The van der Waals surface area contributed by atoms with Crippen LogP contribution in [0, 0.1) is 0 Å². The van der Waals surface area contributed by atoms with Crippen LogP contribution in [-0.2, 0) is 0 Å². The molecular weight excluding hydrogens is 244 g/mol. The number of benzene rings is 1. The van der Waals surface area contributed by atoms with Crippen LogP contribution in [0.5, 0.6) is 0 Å². The minimum Gasteiger partial charge on any atom is -0.387 e. The van der Waals surface area contributed by atoms with Gasteiger partial charge in [-0.3, -0.25) is 0 Å². The highest BCUT2D eigenvalue weighted by Crippen LogP contribution is 2.19. The summed E-state index contributed by atoms with van der Waals surface area (Å²) in [6.07, 6.45) is 1.73. The van der Waals surface area contributed by atoms with Crippen molar-refractivity contribution in [3.8, 4) is 0 Å². The van der Waals surface area contributed by atoms with Gasteiger partial charge in [-0.15, -0.1) is 0 Å². The Bertz CT molecular complexity index is 369. The number of aliphatic hydroxyl groups excluding tert-OH is 1. The average molecular weight is 268 g/mol. The summed E-state index contributed by atoms with van der Waals surface area (Å²) in [4.78, 5) is 0. The van der Waals surface area contributed by atoms with Gasteiger partial charge < -0.3 is 15.1 Å².